The average molecular weight is 438 g/mol. The topological polar surface area (TPSA) is 61.9 Å². The molecule has 2 heterocycles. The molecule has 26 heavy (non-hydrogen) atoms. The van der Waals surface area contributed by atoms with Gasteiger partial charge in [-0.3, -0.25) is 9.59 Å². The minimum Gasteiger partial charge on any atom is -0.378 e. The predicted octanol–water partition coefficient (Wildman–Crippen LogP) is 3.06. The molecule has 6 nitrogen and oxygen atoms in total. The van der Waals surface area contributed by atoms with E-state index < -0.39 is 0 Å². The molecule has 2 aromatic rings. The van der Waals surface area contributed by atoms with E-state index in [-0.39, 0.29) is 18.4 Å². The fraction of sp³-hybridized carbons (Fsp3) is 0.333. The van der Waals surface area contributed by atoms with Crippen molar-refractivity contribution in [1.29, 1.82) is 0 Å². The summed E-state index contributed by atoms with van der Waals surface area (Å²) < 4.78 is 6.10. The Morgan fingerprint density at radius 2 is 1.92 bits per heavy atom. The SMILES string of the molecule is CN(CC(=O)Nc1ccc(N2CCOCC2)cc1)C(=O)c1sccc1Br. The molecule has 0 bridgehead atoms. The summed E-state index contributed by atoms with van der Waals surface area (Å²) >= 11 is 4.69. The number of thiophene rings is 1. The van der Waals surface area contributed by atoms with Crippen LogP contribution in [0.5, 0.6) is 0 Å². The van der Waals surface area contributed by atoms with Crippen molar-refractivity contribution in [2.45, 2.75) is 0 Å². The Hall–Kier alpha value is -1.90. The minimum absolute atomic E-state index is 0.00557. The van der Waals surface area contributed by atoms with Crippen LogP contribution in [0.25, 0.3) is 0 Å². The third-order valence-electron chi connectivity index (χ3n) is 4.07. The number of anilines is 2. The molecule has 2 amide bonds. The van der Waals surface area contributed by atoms with E-state index in [0.29, 0.717) is 10.6 Å². The number of likely N-dealkylation sites (N-methyl/N-ethyl adjacent to an activating group) is 1. The zero-order valence-corrected chi connectivity index (χ0v) is 16.8. The second kappa shape index (κ2) is 8.66. The first-order valence-corrected chi connectivity index (χ1v) is 9.93. The first-order valence-electron chi connectivity index (χ1n) is 8.25. The van der Waals surface area contributed by atoms with Gasteiger partial charge in [-0.05, 0) is 51.6 Å². The number of amides is 2. The number of hydrogen-bond acceptors (Lipinski definition) is 5. The van der Waals surface area contributed by atoms with Crippen molar-refractivity contribution in [3.63, 3.8) is 0 Å². The molecule has 1 saturated heterocycles. The molecule has 1 fully saturated rings. The van der Waals surface area contributed by atoms with Crippen molar-refractivity contribution in [3.05, 3.63) is 45.1 Å². The number of benzene rings is 1. The highest BCUT2D eigenvalue weighted by atomic mass is 79.9. The number of carbonyl (C=O) groups is 2. The van der Waals surface area contributed by atoms with E-state index >= 15 is 0 Å². The summed E-state index contributed by atoms with van der Waals surface area (Å²) in [6.45, 7) is 3.21. The van der Waals surface area contributed by atoms with Crippen LogP contribution in [-0.4, -0.2) is 56.6 Å². The lowest BCUT2D eigenvalue weighted by molar-refractivity contribution is -0.116. The summed E-state index contributed by atoms with van der Waals surface area (Å²) in [6.07, 6.45) is 0. The highest BCUT2D eigenvalue weighted by Gasteiger charge is 2.18. The average Bonchev–Trinajstić information content (AvgIpc) is 3.08. The van der Waals surface area contributed by atoms with Crippen LogP contribution < -0.4 is 10.2 Å². The second-order valence-corrected chi connectivity index (χ2v) is 7.72. The Kier molecular flexibility index (Phi) is 6.29. The third kappa shape index (κ3) is 4.63. The van der Waals surface area contributed by atoms with Gasteiger partial charge in [-0.25, -0.2) is 0 Å². The lowest BCUT2D eigenvalue weighted by atomic mass is 10.2. The number of halogens is 1. The summed E-state index contributed by atoms with van der Waals surface area (Å²) in [5, 5.41) is 4.67. The maximum Gasteiger partial charge on any atom is 0.265 e. The van der Waals surface area contributed by atoms with Crippen LogP contribution in [0.2, 0.25) is 0 Å². The lowest BCUT2D eigenvalue weighted by Crippen LogP contribution is -2.36. The second-order valence-electron chi connectivity index (χ2n) is 5.95. The van der Waals surface area contributed by atoms with Gasteiger partial charge in [0.25, 0.3) is 5.91 Å². The van der Waals surface area contributed by atoms with Gasteiger partial charge in [0, 0.05) is 36.0 Å². The molecule has 0 atom stereocenters. The van der Waals surface area contributed by atoms with Crippen LogP contribution in [0.3, 0.4) is 0 Å². The van der Waals surface area contributed by atoms with E-state index in [4.69, 9.17) is 4.74 Å². The molecule has 0 radical (unpaired) electrons. The number of nitrogens with one attached hydrogen (secondary N) is 1. The van der Waals surface area contributed by atoms with Gasteiger partial charge in [0.15, 0.2) is 0 Å². The quantitative estimate of drug-likeness (QED) is 0.780. The van der Waals surface area contributed by atoms with Crippen molar-refractivity contribution in [3.8, 4) is 0 Å². The Morgan fingerprint density at radius 3 is 2.54 bits per heavy atom. The first-order chi connectivity index (χ1) is 12.5. The molecular weight excluding hydrogens is 418 g/mol. The number of hydrogen-bond donors (Lipinski definition) is 1. The Balaban J connectivity index is 1.54. The number of ether oxygens (including phenoxy) is 1. The monoisotopic (exact) mass is 437 g/mol. The Bertz CT molecular complexity index is 772. The van der Waals surface area contributed by atoms with Gasteiger partial charge in [-0.15, -0.1) is 11.3 Å². The number of rotatable bonds is 5. The largest absolute Gasteiger partial charge is 0.378 e. The van der Waals surface area contributed by atoms with E-state index in [1.165, 1.54) is 16.2 Å². The minimum atomic E-state index is -0.229. The Labute approximate surface area is 164 Å². The summed E-state index contributed by atoms with van der Waals surface area (Å²) in [7, 11) is 1.62. The summed E-state index contributed by atoms with van der Waals surface area (Å²) in [6, 6.07) is 9.54. The van der Waals surface area contributed by atoms with Crippen molar-refractivity contribution in [2.24, 2.45) is 0 Å². The van der Waals surface area contributed by atoms with Gasteiger partial charge in [-0.1, -0.05) is 0 Å². The molecule has 0 unspecified atom stereocenters. The van der Waals surface area contributed by atoms with Crippen molar-refractivity contribution >= 4 is 50.5 Å². The van der Waals surface area contributed by atoms with Crippen molar-refractivity contribution < 1.29 is 14.3 Å². The molecule has 0 aliphatic carbocycles. The molecule has 1 aliphatic heterocycles. The van der Waals surface area contributed by atoms with Gasteiger partial charge in [0.2, 0.25) is 5.91 Å². The van der Waals surface area contributed by atoms with E-state index in [2.05, 4.69) is 26.1 Å². The van der Waals surface area contributed by atoms with Crippen molar-refractivity contribution in [2.75, 3.05) is 50.1 Å². The van der Waals surface area contributed by atoms with E-state index in [9.17, 15) is 9.59 Å². The fourth-order valence-corrected chi connectivity index (χ4v) is 4.22. The molecule has 3 rings (SSSR count). The molecule has 0 spiro atoms. The van der Waals surface area contributed by atoms with Gasteiger partial charge >= 0.3 is 0 Å². The summed E-state index contributed by atoms with van der Waals surface area (Å²) in [4.78, 5) is 28.8. The molecule has 0 saturated carbocycles. The van der Waals surface area contributed by atoms with Gasteiger partial charge in [0.1, 0.15) is 4.88 Å². The zero-order chi connectivity index (χ0) is 18.5. The van der Waals surface area contributed by atoms with Gasteiger partial charge in [0.05, 0.1) is 19.8 Å². The maximum absolute atomic E-state index is 12.3. The van der Waals surface area contributed by atoms with Gasteiger partial charge < -0.3 is 19.9 Å². The summed E-state index contributed by atoms with van der Waals surface area (Å²) in [5.41, 5.74) is 1.83. The summed E-state index contributed by atoms with van der Waals surface area (Å²) in [5.74, 6) is -0.405. The fourth-order valence-electron chi connectivity index (χ4n) is 2.68. The molecule has 1 aliphatic rings. The van der Waals surface area contributed by atoms with Crippen LogP contribution in [0, 0.1) is 0 Å². The smallest absolute Gasteiger partial charge is 0.265 e. The van der Waals surface area contributed by atoms with E-state index in [0.717, 1.165) is 36.5 Å². The molecule has 138 valence electrons. The van der Waals surface area contributed by atoms with Crippen LogP contribution in [0.1, 0.15) is 9.67 Å². The van der Waals surface area contributed by atoms with Gasteiger partial charge in [-0.2, -0.15) is 0 Å². The highest BCUT2D eigenvalue weighted by molar-refractivity contribution is 9.10. The number of morpholine rings is 1. The molecule has 1 aromatic heterocycles. The van der Waals surface area contributed by atoms with E-state index in [1.807, 2.05) is 35.7 Å². The van der Waals surface area contributed by atoms with Crippen molar-refractivity contribution in [1.82, 2.24) is 4.90 Å². The third-order valence-corrected chi connectivity index (χ3v) is 5.89. The standard InChI is InChI=1S/C18H20BrN3O3S/c1-21(18(24)17-15(19)6-11-26-17)12-16(23)20-13-2-4-14(5-3-13)22-7-9-25-10-8-22/h2-6,11H,7-10,12H2,1H3,(H,20,23). The highest BCUT2D eigenvalue weighted by Crippen LogP contribution is 2.24. The number of carbonyl (C=O) groups excluding carboxylic acids is 2. The first kappa shape index (κ1) is 18.9. The van der Waals surface area contributed by atoms with Crippen LogP contribution >= 0.6 is 27.3 Å². The van der Waals surface area contributed by atoms with E-state index in [1.54, 1.807) is 7.05 Å². The van der Waals surface area contributed by atoms with Crippen LogP contribution in [0.4, 0.5) is 11.4 Å². The molecular formula is C18H20BrN3O3S. The molecule has 1 N–H and O–H groups in total. The van der Waals surface area contributed by atoms with Crippen LogP contribution in [0.15, 0.2) is 40.2 Å². The predicted molar refractivity (Wildman–Crippen MR) is 107 cm³/mol. The normalized spacial score (nSPS) is 14.2. The zero-order valence-electron chi connectivity index (χ0n) is 14.4. The van der Waals surface area contributed by atoms with Crippen LogP contribution in [-0.2, 0) is 9.53 Å². The number of nitrogens with zero attached hydrogens (tertiary/aromatic N) is 2. The lowest BCUT2D eigenvalue weighted by Gasteiger charge is -2.28. The maximum atomic E-state index is 12.3. The Morgan fingerprint density at radius 1 is 1.23 bits per heavy atom. The molecule has 8 heteroatoms. The molecule has 1 aromatic carbocycles.